The Morgan fingerprint density at radius 1 is 1.43 bits per heavy atom. The number of hydrogen-bond donors (Lipinski definition) is 2. The van der Waals surface area contributed by atoms with E-state index in [1.54, 1.807) is 42.8 Å². The predicted octanol–water partition coefficient (Wildman–Crippen LogP) is 0.521. The first-order chi connectivity index (χ1) is 9.85. The molecular formula is C13H18N4O3S. The number of fused-ring (bicyclic) bond motifs is 1. The SMILES string of the molecule is CNc1nc2ccccn2c1S(=O)(=O)N1CCC(C)(O)C1. The van der Waals surface area contributed by atoms with Gasteiger partial charge in [0.05, 0.1) is 5.60 Å². The van der Waals surface area contributed by atoms with Gasteiger partial charge in [-0.25, -0.2) is 13.4 Å². The molecule has 7 nitrogen and oxygen atoms in total. The first-order valence-electron chi connectivity index (χ1n) is 6.72. The van der Waals surface area contributed by atoms with E-state index in [2.05, 4.69) is 10.3 Å². The van der Waals surface area contributed by atoms with Crippen molar-refractivity contribution < 1.29 is 13.5 Å². The zero-order chi connectivity index (χ0) is 15.3. The summed E-state index contributed by atoms with van der Waals surface area (Å²) in [5.74, 6) is 0.313. The fourth-order valence-electron chi connectivity index (χ4n) is 2.61. The molecule has 0 bridgehead atoms. The fourth-order valence-corrected chi connectivity index (χ4v) is 4.43. The van der Waals surface area contributed by atoms with Crippen molar-refractivity contribution in [3.63, 3.8) is 0 Å². The van der Waals surface area contributed by atoms with Gasteiger partial charge in [0.15, 0.2) is 10.8 Å². The van der Waals surface area contributed by atoms with Crippen LogP contribution in [0.25, 0.3) is 5.65 Å². The van der Waals surface area contributed by atoms with Crippen molar-refractivity contribution >= 4 is 21.5 Å². The van der Waals surface area contributed by atoms with Crippen LogP contribution in [0.5, 0.6) is 0 Å². The van der Waals surface area contributed by atoms with E-state index in [1.165, 1.54) is 4.31 Å². The van der Waals surface area contributed by atoms with Crippen LogP contribution in [0.3, 0.4) is 0 Å². The maximum absolute atomic E-state index is 12.9. The molecule has 1 unspecified atom stereocenters. The lowest BCUT2D eigenvalue weighted by Gasteiger charge is -2.19. The highest BCUT2D eigenvalue weighted by atomic mass is 32.2. The van der Waals surface area contributed by atoms with E-state index < -0.39 is 15.6 Å². The lowest BCUT2D eigenvalue weighted by molar-refractivity contribution is 0.0762. The maximum atomic E-state index is 12.9. The van der Waals surface area contributed by atoms with Crippen LogP contribution in [0.1, 0.15) is 13.3 Å². The molecular weight excluding hydrogens is 292 g/mol. The number of pyridine rings is 1. The number of anilines is 1. The number of aromatic nitrogens is 2. The minimum absolute atomic E-state index is 0.0958. The predicted molar refractivity (Wildman–Crippen MR) is 78.7 cm³/mol. The molecule has 1 atom stereocenters. The molecule has 21 heavy (non-hydrogen) atoms. The standard InChI is InChI=1S/C13H18N4O3S/c1-13(18)6-8-16(9-13)21(19,20)12-11(14-2)15-10-5-3-4-7-17(10)12/h3-5,7,14,18H,6,8-9H2,1-2H3. The highest BCUT2D eigenvalue weighted by Gasteiger charge is 2.40. The molecule has 1 saturated heterocycles. The number of sulfonamides is 1. The molecule has 2 aromatic rings. The summed E-state index contributed by atoms with van der Waals surface area (Å²) in [5, 5.41) is 13.0. The van der Waals surface area contributed by atoms with Crippen molar-refractivity contribution in [3.05, 3.63) is 24.4 Å². The van der Waals surface area contributed by atoms with Gasteiger partial charge >= 0.3 is 0 Å². The zero-order valence-electron chi connectivity index (χ0n) is 11.9. The lowest BCUT2D eigenvalue weighted by atomic mass is 10.1. The quantitative estimate of drug-likeness (QED) is 0.863. The summed E-state index contributed by atoms with van der Waals surface area (Å²) in [7, 11) is -2.08. The first kappa shape index (κ1) is 14.3. The molecule has 114 valence electrons. The molecule has 0 aliphatic carbocycles. The number of hydrogen-bond acceptors (Lipinski definition) is 5. The van der Waals surface area contributed by atoms with Gasteiger partial charge in [0.25, 0.3) is 10.0 Å². The molecule has 0 radical (unpaired) electrons. The van der Waals surface area contributed by atoms with Gasteiger partial charge in [0.1, 0.15) is 5.65 Å². The van der Waals surface area contributed by atoms with E-state index in [9.17, 15) is 13.5 Å². The molecule has 3 heterocycles. The molecule has 3 rings (SSSR count). The van der Waals surface area contributed by atoms with Crippen molar-refractivity contribution in [2.24, 2.45) is 0 Å². The van der Waals surface area contributed by atoms with Crippen LogP contribution in [0.2, 0.25) is 0 Å². The Labute approximate surface area is 123 Å². The minimum Gasteiger partial charge on any atom is -0.389 e. The highest BCUT2D eigenvalue weighted by molar-refractivity contribution is 7.89. The van der Waals surface area contributed by atoms with E-state index in [0.29, 0.717) is 24.4 Å². The second kappa shape index (κ2) is 4.69. The van der Waals surface area contributed by atoms with Crippen molar-refractivity contribution in [1.29, 1.82) is 0 Å². The van der Waals surface area contributed by atoms with Gasteiger partial charge < -0.3 is 10.4 Å². The van der Waals surface area contributed by atoms with Crippen LogP contribution in [0.15, 0.2) is 29.4 Å². The van der Waals surface area contributed by atoms with Crippen LogP contribution in [-0.4, -0.2) is 53.0 Å². The van der Waals surface area contributed by atoms with E-state index in [0.717, 1.165) is 0 Å². The largest absolute Gasteiger partial charge is 0.389 e. The summed E-state index contributed by atoms with van der Waals surface area (Å²) in [5.41, 5.74) is -0.417. The van der Waals surface area contributed by atoms with E-state index in [1.807, 2.05) is 0 Å². The number of imidazole rings is 1. The summed E-state index contributed by atoms with van der Waals surface area (Å²) in [6, 6.07) is 5.31. The Bertz CT molecular complexity index is 782. The molecule has 2 N–H and O–H groups in total. The van der Waals surface area contributed by atoms with Gasteiger partial charge in [0.2, 0.25) is 0 Å². The minimum atomic E-state index is -3.72. The normalized spacial score (nSPS) is 23.8. The third kappa shape index (κ3) is 2.29. The van der Waals surface area contributed by atoms with Gasteiger partial charge in [-0.1, -0.05) is 6.07 Å². The summed E-state index contributed by atoms with van der Waals surface area (Å²) in [6.45, 7) is 2.05. The van der Waals surface area contributed by atoms with E-state index in [-0.39, 0.29) is 11.6 Å². The molecule has 1 aliphatic rings. The molecule has 0 aromatic carbocycles. The average Bonchev–Trinajstić information content (AvgIpc) is 2.98. The maximum Gasteiger partial charge on any atom is 0.262 e. The summed E-state index contributed by atoms with van der Waals surface area (Å²) in [4.78, 5) is 4.29. The smallest absolute Gasteiger partial charge is 0.262 e. The van der Waals surface area contributed by atoms with Gasteiger partial charge in [-0.3, -0.25) is 4.40 Å². The van der Waals surface area contributed by atoms with Crippen LogP contribution < -0.4 is 5.32 Å². The molecule has 1 aliphatic heterocycles. The van der Waals surface area contributed by atoms with E-state index in [4.69, 9.17) is 0 Å². The Morgan fingerprint density at radius 2 is 2.19 bits per heavy atom. The van der Waals surface area contributed by atoms with Gasteiger partial charge in [-0.15, -0.1) is 0 Å². The molecule has 0 amide bonds. The summed E-state index contributed by atoms with van der Waals surface area (Å²) < 4.78 is 28.6. The first-order valence-corrected chi connectivity index (χ1v) is 8.16. The highest BCUT2D eigenvalue weighted by Crippen LogP contribution is 2.30. The van der Waals surface area contributed by atoms with Crippen molar-refractivity contribution in [2.45, 2.75) is 24.0 Å². The van der Waals surface area contributed by atoms with Gasteiger partial charge in [-0.05, 0) is 25.5 Å². The Morgan fingerprint density at radius 3 is 2.81 bits per heavy atom. The van der Waals surface area contributed by atoms with Crippen LogP contribution >= 0.6 is 0 Å². The van der Waals surface area contributed by atoms with Crippen molar-refractivity contribution in [1.82, 2.24) is 13.7 Å². The third-order valence-corrected chi connectivity index (χ3v) is 5.59. The number of aliphatic hydroxyl groups is 1. The monoisotopic (exact) mass is 310 g/mol. The van der Waals surface area contributed by atoms with Gasteiger partial charge in [-0.2, -0.15) is 4.31 Å². The summed E-state index contributed by atoms with van der Waals surface area (Å²) >= 11 is 0. The molecule has 0 spiro atoms. The Hall–Kier alpha value is -1.64. The molecule has 0 saturated carbocycles. The van der Waals surface area contributed by atoms with Crippen LogP contribution in [-0.2, 0) is 10.0 Å². The Balaban J connectivity index is 2.15. The Kier molecular flexibility index (Phi) is 3.19. The lowest BCUT2D eigenvalue weighted by Crippen LogP contribution is -2.34. The second-order valence-electron chi connectivity index (χ2n) is 5.53. The number of β-amino-alcohol motifs (C(OH)–C–C–N with tert-alkyl or cyclic N) is 1. The van der Waals surface area contributed by atoms with E-state index >= 15 is 0 Å². The van der Waals surface area contributed by atoms with Crippen LogP contribution in [0.4, 0.5) is 5.82 Å². The van der Waals surface area contributed by atoms with Gasteiger partial charge in [0, 0.05) is 26.3 Å². The molecule has 1 fully saturated rings. The zero-order valence-corrected chi connectivity index (χ0v) is 12.8. The molecule has 2 aromatic heterocycles. The topological polar surface area (TPSA) is 86.9 Å². The third-order valence-electron chi connectivity index (χ3n) is 3.72. The second-order valence-corrected chi connectivity index (χ2v) is 7.38. The van der Waals surface area contributed by atoms with Crippen molar-refractivity contribution in [3.8, 4) is 0 Å². The van der Waals surface area contributed by atoms with Crippen molar-refractivity contribution in [2.75, 3.05) is 25.5 Å². The van der Waals surface area contributed by atoms with Crippen LogP contribution in [0, 0.1) is 0 Å². The fraction of sp³-hybridized carbons (Fsp3) is 0.462. The number of rotatable bonds is 3. The number of nitrogens with one attached hydrogen (secondary N) is 1. The number of nitrogens with zero attached hydrogens (tertiary/aromatic N) is 3. The average molecular weight is 310 g/mol. The molecule has 8 heteroatoms. The summed E-state index contributed by atoms with van der Waals surface area (Å²) in [6.07, 6.45) is 2.10.